The minimum Gasteiger partial charge on any atom is -0.358 e. The number of likely N-dealkylation sites (N-methyl/N-ethyl adjacent to an activating group) is 1. The Morgan fingerprint density at radius 1 is 1.19 bits per heavy atom. The summed E-state index contributed by atoms with van der Waals surface area (Å²) in [6, 6.07) is 12.9. The molecule has 3 rings (SSSR count). The van der Waals surface area contributed by atoms with Gasteiger partial charge in [0.25, 0.3) is 0 Å². The maximum Gasteiger partial charge on any atom is 0.238 e. The molecular formula is C21H22FN3O2. The molecule has 0 fully saturated rings. The third-order valence-corrected chi connectivity index (χ3v) is 4.68. The summed E-state index contributed by atoms with van der Waals surface area (Å²) in [6.07, 6.45) is 0. The van der Waals surface area contributed by atoms with Gasteiger partial charge in [-0.1, -0.05) is 24.3 Å². The lowest BCUT2D eigenvalue weighted by Crippen LogP contribution is -2.41. The average Bonchev–Trinajstić information content (AvgIpc) is 2.96. The molecule has 6 heteroatoms. The van der Waals surface area contributed by atoms with Crippen molar-refractivity contribution in [3.63, 3.8) is 0 Å². The number of para-hydroxylation sites is 1. The fourth-order valence-corrected chi connectivity index (χ4v) is 3.13. The highest BCUT2D eigenvalue weighted by molar-refractivity contribution is 6.11. The zero-order chi connectivity index (χ0) is 19.6. The van der Waals surface area contributed by atoms with Crippen LogP contribution in [0.1, 0.15) is 23.0 Å². The van der Waals surface area contributed by atoms with Crippen molar-refractivity contribution in [3.05, 3.63) is 65.6 Å². The first-order chi connectivity index (χ1) is 12.9. The Kier molecular flexibility index (Phi) is 5.37. The van der Waals surface area contributed by atoms with Crippen molar-refractivity contribution < 1.29 is 14.0 Å². The molecule has 27 heavy (non-hydrogen) atoms. The highest BCUT2D eigenvalue weighted by Crippen LogP contribution is 2.24. The topological polar surface area (TPSA) is 65.2 Å². The second-order valence-corrected chi connectivity index (χ2v) is 6.68. The van der Waals surface area contributed by atoms with E-state index in [0.717, 1.165) is 16.6 Å². The lowest BCUT2D eigenvalue weighted by molar-refractivity contribution is -0.117. The van der Waals surface area contributed by atoms with E-state index in [-0.39, 0.29) is 18.2 Å². The number of aryl methyl sites for hydroxylation is 1. The number of H-pyrrole nitrogens is 1. The number of carbonyl (C=O) groups is 2. The number of Topliss-reactive ketones (excluding diaryl/α,β-unsaturated/α-hetero) is 1. The summed E-state index contributed by atoms with van der Waals surface area (Å²) >= 11 is 0. The van der Waals surface area contributed by atoms with E-state index in [1.807, 2.05) is 31.2 Å². The molecule has 1 atom stereocenters. The van der Waals surface area contributed by atoms with Crippen molar-refractivity contribution in [1.82, 2.24) is 9.88 Å². The first-order valence-electron chi connectivity index (χ1n) is 8.74. The van der Waals surface area contributed by atoms with E-state index >= 15 is 0 Å². The number of nitrogens with one attached hydrogen (secondary N) is 2. The standard InChI is InChI=1S/C21H22FN3O2/c1-13-20(17-9-4-5-10-18(17)23-13)21(27)14(2)25(3)12-19(26)24-16-8-6-7-15(22)11-16/h4-11,14,23H,12H2,1-3H3,(H,24,26). The Morgan fingerprint density at radius 3 is 2.67 bits per heavy atom. The van der Waals surface area contributed by atoms with Crippen LogP contribution in [0.25, 0.3) is 10.9 Å². The zero-order valence-corrected chi connectivity index (χ0v) is 15.5. The summed E-state index contributed by atoms with van der Waals surface area (Å²) in [5.74, 6) is -0.774. The molecule has 0 aliphatic rings. The van der Waals surface area contributed by atoms with Crippen LogP contribution < -0.4 is 5.32 Å². The summed E-state index contributed by atoms with van der Waals surface area (Å²) in [4.78, 5) is 30.2. The van der Waals surface area contributed by atoms with Crippen LogP contribution in [-0.4, -0.2) is 41.2 Å². The Bertz CT molecular complexity index is 996. The summed E-state index contributed by atoms with van der Waals surface area (Å²) in [5, 5.41) is 3.52. The van der Waals surface area contributed by atoms with Crippen LogP contribution in [0.5, 0.6) is 0 Å². The lowest BCUT2D eigenvalue weighted by Gasteiger charge is -2.23. The van der Waals surface area contributed by atoms with Gasteiger partial charge in [-0.2, -0.15) is 0 Å². The summed E-state index contributed by atoms with van der Waals surface area (Å²) in [6.45, 7) is 3.67. The van der Waals surface area contributed by atoms with Crippen LogP contribution in [0.3, 0.4) is 0 Å². The van der Waals surface area contributed by atoms with Crippen molar-refractivity contribution >= 4 is 28.3 Å². The van der Waals surface area contributed by atoms with Gasteiger partial charge in [-0.25, -0.2) is 4.39 Å². The van der Waals surface area contributed by atoms with E-state index in [0.29, 0.717) is 11.3 Å². The van der Waals surface area contributed by atoms with Gasteiger partial charge in [0, 0.05) is 27.8 Å². The Labute approximate surface area is 157 Å². The Morgan fingerprint density at radius 2 is 1.93 bits per heavy atom. The van der Waals surface area contributed by atoms with Gasteiger partial charge in [0.1, 0.15) is 5.82 Å². The predicted octanol–water partition coefficient (Wildman–Crippen LogP) is 3.76. The zero-order valence-electron chi connectivity index (χ0n) is 15.5. The molecule has 0 bridgehead atoms. The number of carbonyl (C=O) groups excluding carboxylic acids is 2. The SMILES string of the molecule is Cc1[nH]c2ccccc2c1C(=O)C(C)N(C)CC(=O)Nc1cccc(F)c1. The van der Waals surface area contributed by atoms with Crippen molar-refractivity contribution in [3.8, 4) is 0 Å². The van der Waals surface area contributed by atoms with Crippen LogP contribution in [0.15, 0.2) is 48.5 Å². The lowest BCUT2D eigenvalue weighted by atomic mass is 10.0. The Balaban J connectivity index is 1.70. The van der Waals surface area contributed by atoms with E-state index in [9.17, 15) is 14.0 Å². The minimum atomic E-state index is -0.485. The smallest absolute Gasteiger partial charge is 0.238 e. The number of aromatic nitrogens is 1. The number of amides is 1. The number of hydrogen-bond acceptors (Lipinski definition) is 3. The number of hydrogen-bond donors (Lipinski definition) is 2. The number of ketones is 1. The molecular weight excluding hydrogens is 345 g/mol. The van der Waals surface area contributed by atoms with Gasteiger partial charge in [0.05, 0.1) is 12.6 Å². The van der Waals surface area contributed by atoms with Gasteiger partial charge in [-0.05, 0) is 45.2 Å². The van der Waals surface area contributed by atoms with E-state index in [4.69, 9.17) is 0 Å². The minimum absolute atomic E-state index is 0.0187. The predicted molar refractivity (Wildman–Crippen MR) is 104 cm³/mol. The second kappa shape index (κ2) is 7.72. The molecule has 1 unspecified atom stereocenters. The molecule has 1 heterocycles. The monoisotopic (exact) mass is 367 g/mol. The van der Waals surface area contributed by atoms with Crippen molar-refractivity contribution in [1.29, 1.82) is 0 Å². The Hall–Kier alpha value is -2.99. The van der Waals surface area contributed by atoms with Crippen LogP contribution in [0, 0.1) is 12.7 Å². The van der Waals surface area contributed by atoms with E-state index < -0.39 is 11.9 Å². The molecule has 1 amide bonds. The molecule has 2 aromatic carbocycles. The quantitative estimate of drug-likeness (QED) is 0.652. The molecule has 2 N–H and O–H groups in total. The maximum absolute atomic E-state index is 13.2. The fraction of sp³-hybridized carbons (Fsp3) is 0.238. The van der Waals surface area contributed by atoms with Gasteiger partial charge in [-0.15, -0.1) is 0 Å². The third kappa shape index (κ3) is 4.06. The van der Waals surface area contributed by atoms with Crippen molar-refractivity contribution in [2.45, 2.75) is 19.9 Å². The summed E-state index contributed by atoms with van der Waals surface area (Å²) < 4.78 is 13.2. The van der Waals surface area contributed by atoms with Gasteiger partial charge in [0.2, 0.25) is 5.91 Å². The number of nitrogens with zero attached hydrogens (tertiary/aromatic N) is 1. The van der Waals surface area contributed by atoms with Crippen LogP contribution in [0.2, 0.25) is 0 Å². The third-order valence-electron chi connectivity index (χ3n) is 4.68. The highest BCUT2D eigenvalue weighted by Gasteiger charge is 2.25. The molecule has 1 aromatic heterocycles. The van der Waals surface area contributed by atoms with Gasteiger partial charge in [-0.3, -0.25) is 14.5 Å². The molecule has 0 radical (unpaired) electrons. The number of halogens is 1. The van der Waals surface area contributed by atoms with Crippen molar-refractivity contribution in [2.24, 2.45) is 0 Å². The maximum atomic E-state index is 13.2. The molecule has 0 aliphatic carbocycles. The van der Waals surface area contributed by atoms with Crippen LogP contribution >= 0.6 is 0 Å². The normalized spacial score (nSPS) is 12.3. The van der Waals surface area contributed by atoms with Crippen LogP contribution in [0.4, 0.5) is 10.1 Å². The molecule has 5 nitrogen and oxygen atoms in total. The largest absolute Gasteiger partial charge is 0.358 e. The van der Waals surface area contributed by atoms with Gasteiger partial charge in [0.15, 0.2) is 5.78 Å². The highest BCUT2D eigenvalue weighted by atomic mass is 19.1. The summed E-state index contributed by atoms with van der Waals surface area (Å²) in [5.41, 5.74) is 2.76. The first-order valence-corrected chi connectivity index (χ1v) is 8.74. The number of aromatic amines is 1. The second-order valence-electron chi connectivity index (χ2n) is 6.68. The van der Waals surface area contributed by atoms with E-state index in [1.165, 1.54) is 18.2 Å². The number of anilines is 1. The molecule has 0 saturated heterocycles. The van der Waals surface area contributed by atoms with E-state index in [1.54, 1.807) is 24.9 Å². The molecule has 140 valence electrons. The molecule has 3 aromatic rings. The summed E-state index contributed by atoms with van der Waals surface area (Å²) in [7, 11) is 1.72. The number of fused-ring (bicyclic) bond motifs is 1. The molecule has 0 saturated carbocycles. The fourth-order valence-electron chi connectivity index (χ4n) is 3.13. The number of benzene rings is 2. The average molecular weight is 367 g/mol. The molecule has 0 aliphatic heterocycles. The van der Waals surface area contributed by atoms with Gasteiger partial charge < -0.3 is 10.3 Å². The van der Waals surface area contributed by atoms with Crippen LogP contribution in [-0.2, 0) is 4.79 Å². The molecule has 0 spiro atoms. The van der Waals surface area contributed by atoms with E-state index in [2.05, 4.69) is 10.3 Å². The van der Waals surface area contributed by atoms with Gasteiger partial charge >= 0.3 is 0 Å². The van der Waals surface area contributed by atoms with Crippen molar-refractivity contribution in [2.75, 3.05) is 18.9 Å². The number of rotatable bonds is 6. The first kappa shape index (κ1) is 18.8.